The molecule has 3 nitrogen and oxygen atoms in total. The second-order valence-electron chi connectivity index (χ2n) is 2.45. The zero-order chi connectivity index (χ0) is 8.55. The molecule has 0 saturated carbocycles. The van der Waals surface area contributed by atoms with Gasteiger partial charge < -0.3 is 0 Å². The standard InChI is InChI=1S/C8H8N2OS/c1-2-10-8(11)6-4-3-5-9-7(6)12-10/h3-5H,2H2,1H3. The molecule has 2 heterocycles. The summed E-state index contributed by atoms with van der Waals surface area (Å²) in [6.07, 6.45) is 1.71. The molecule has 0 amide bonds. The van der Waals surface area contributed by atoms with Gasteiger partial charge in [-0.15, -0.1) is 0 Å². The Morgan fingerprint density at radius 3 is 3.17 bits per heavy atom. The summed E-state index contributed by atoms with van der Waals surface area (Å²) < 4.78 is 1.71. The lowest BCUT2D eigenvalue weighted by molar-refractivity contribution is 0.814. The Morgan fingerprint density at radius 1 is 1.67 bits per heavy atom. The molecule has 0 radical (unpaired) electrons. The lowest BCUT2D eigenvalue weighted by Gasteiger charge is -1.87. The van der Waals surface area contributed by atoms with Gasteiger partial charge in [-0.3, -0.25) is 8.75 Å². The zero-order valence-corrected chi connectivity index (χ0v) is 7.47. The fourth-order valence-corrected chi connectivity index (χ4v) is 2.00. The third kappa shape index (κ3) is 0.956. The molecule has 0 aliphatic heterocycles. The van der Waals surface area contributed by atoms with E-state index in [1.54, 1.807) is 16.2 Å². The Hall–Kier alpha value is -1.16. The third-order valence-electron chi connectivity index (χ3n) is 1.71. The summed E-state index contributed by atoms with van der Waals surface area (Å²) in [5.41, 5.74) is 0.0746. The number of hydrogen-bond acceptors (Lipinski definition) is 3. The molecule has 12 heavy (non-hydrogen) atoms. The van der Waals surface area contributed by atoms with Crippen molar-refractivity contribution in [3.05, 3.63) is 28.7 Å². The Bertz CT molecular complexity index is 457. The fraction of sp³-hybridized carbons (Fsp3) is 0.250. The summed E-state index contributed by atoms with van der Waals surface area (Å²) in [4.78, 5) is 16.4. The van der Waals surface area contributed by atoms with E-state index in [1.807, 2.05) is 13.0 Å². The van der Waals surface area contributed by atoms with Crippen LogP contribution in [0, 0.1) is 0 Å². The fourth-order valence-electron chi connectivity index (χ4n) is 1.11. The van der Waals surface area contributed by atoms with Crippen molar-refractivity contribution >= 4 is 21.7 Å². The Kier molecular flexibility index (Phi) is 1.69. The van der Waals surface area contributed by atoms with E-state index in [0.29, 0.717) is 0 Å². The first-order valence-corrected chi connectivity index (χ1v) is 4.55. The second kappa shape index (κ2) is 2.71. The first-order valence-electron chi connectivity index (χ1n) is 3.77. The van der Waals surface area contributed by atoms with Crippen LogP contribution >= 0.6 is 11.5 Å². The van der Waals surface area contributed by atoms with Gasteiger partial charge in [0.05, 0.1) is 5.39 Å². The van der Waals surface area contributed by atoms with Crippen LogP contribution in [0.5, 0.6) is 0 Å². The minimum Gasteiger partial charge on any atom is -0.268 e. The molecular weight excluding hydrogens is 172 g/mol. The highest BCUT2D eigenvalue weighted by molar-refractivity contribution is 7.13. The predicted octanol–water partition coefficient (Wildman–Crippen LogP) is 1.48. The number of hydrogen-bond donors (Lipinski definition) is 0. The predicted molar refractivity (Wildman–Crippen MR) is 49.6 cm³/mol. The van der Waals surface area contributed by atoms with Crippen molar-refractivity contribution in [2.24, 2.45) is 0 Å². The molecule has 0 saturated heterocycles. The van der Waals surface area contributed by atoms with Gasteiger partial charge in [0.1, 0.15) is 4.83 Å². The molecule has 0 spiro atoms. The molecule has 0 N–H and O–H groups in total. The summed E-state index contributed by atoms with van der Waals surface area (Å²) in [5.74, 6) is 0. The molecular formula is C8H8N2OS. The molecule has 2 aromatic rings. The molecule has 0 aliphatic carbocycles. The summed E-state index contributed by atoms with van der Waals surface area (Å²) in [6.45, 7) is 2.68. The van der Waals surface area contributed by atoms with Crippen LogP contribution in [-0.2, 0) is 6.54 Å². The second-order valence-corrected chi connectivity index (χ2v) is 3.46. The summed E-state index contributed by atoms with van der Waals surface area (Å²) in [6, 6.07) is 3.60. The minimum absolute atomic E-state index is 0.0746. The third-order valence-corrected chi connectivity index (χ3v) is 2.85. The smallest absolute Gasteiger partial charge is 0.268 e. The van der Waals surface area contributed by atoms with E-state index in [1.165, 1.54) is 11.5 Å². The van der Waals surface area contributed by atoms with Gasteiger partial charge in [0, 0.05) is 12.7 Å². The molecule has 0 aromatic carbocycles. The topological polar surface area (TPSA) is 34.9 Å². The molecule has 62 valence electrons. The van der Waals surface area contributed by atoms with Crippen LogP contribution in [0.4, 0.5) is 0 Å². The van der Waals surface area contributed by atoms with Crippen LogP contribution < -0.4 is 5.56 Å². The van der Waals surface area contributed by atoms with Crippen LogP contribution in [-0.4, -0.2) is 8.94 Å². The summed E-state index contributed by atoms with van der Waals surface area (Å²) in [5, 5.41) is 0.726. The van der Waals surface area contributed by atoms with Gasteiger partial charge in [0.15, 0.2) is 0 Å². The van der Waals surface area contributed by atoms with E-state index >= 15 is 0 Å². The van der Waals surface area contributed by atoms with E-state index in [9.17, 15) is 4.79 Å². The number of aryl methyl sites for hydroxylation is 1. The number of rotatable bonds is 1. The Morgan fingerprint density at radius 2 is 2.50 bits per heavy atom. The average molecular weight is 180 g/mol. The lowest BCUT2D eigenvalue weighted by atomic mass is 10.4. The van der Waals surface area contributed by atoms with Crippen molar-refractivity contribution in [3.8, 4) is 0 Å². The molecule has 2 rings (SSSR count). The van der Waals surface area contributed by atoms with Crippen molar-refractivity contribution in [1.29, 1.82) is 0 Å². The SMILES string of the molecule is CCn1sc2ncccc2c1=O. The lowest BCUT2D eigenvalue weighted by Crippen LogP contribution is -2.10. The summed E-state index contributed by atoms with van der Waals surface area (Å²) >= 11 is 1.42. The highest BCUT2D eigenvalue weighted by Gasteiger charge is 2.04. The molecule has 0 bridgehead atoms. The number of pyridine rings is 1. The molecule has 0 aliphatic rings. The minimum atomic E-state index is 0.0746. The number of fused-ring (bicyclic) bond motifs is 1. The average Bonchev–Trinajstić information content (AvgIpc) is 2.44. The van der Waals surface area contributed by atoms with E-state index in [-0.39, 0.29) is 5.56 Å². The van der Waals surface area contributed by atoms with Gasteiger partial charge in [0.25, 0.3) is 5.56 Å². The maximum absolute atomic E-state index is 11.5. The molecule has 2 aromatic heterocycles. The van der Waals surface area contributed by atoms with Crippen molar-refractivity contribution in [1.82, 2.24) is 8.94 Å². The van der Waals surface area contributed by atoms with Gasteiger partial charge in [-0.2, -0.15) is 0 Å². The van der Waals surface area contributed by atoms with E-state index in [2.05, 4.69) is 4.98 Å². The Labute approximate surface area is 73.4 Å². The van der Waals surface area contributed by atoms with Crippen molar-refractivity contribution in [2.45, 2.75) is 13.5 Å². The normalized spacial score (nSPS) is 10.8. The maximum Gasteiger partial charge on any atom is 0.270 e. The zero-order valence-electron chi connectivity index (χ0n) is 6.65. The number of nitrogens with zero attached hydrogens (tertiary/aromatic N) is 2. The highest BCUT2D eigenvalue weighted by Crippen LogP contribution is 2.11. The molecule has 0 fully saturated rings. The van der Waals surface area contributed by atoms with Gasteiger partial charge >= 0.3 is 0 Å². The van der Waals surface area contributed by atoms with Gasteiger partial charge in [0.2, 0.25) is 0 Å². The summed E-state index contributed by atoms with van der Waals surface area (Å²) in [7, 11) is 0. The molecule has 0 unspecified atom stereocenters. The number of aromatic nitrogens is 2. The van der Waals surface area contributed by atoms with Crippen LogP contribution in [0.25, 0.3) is 10.2 Å². The molecule has 4 heteroatoms. The highest BCUT2D eigenvalue weighted by atomic mass is 32.1. The first kappa shape index (κ1) is 7.49. The van der Waals surface area contributed by atoms with Gasteiger partial charge in [-0.05, 0) is 30.6 Å². The van der Waals surface area contributed by atoms with E-state index < -0.39 is 0 Å². The van der Waals surface area contributed by atoms with Crippen molar-refractivity contribution in [3.63, 3.8) is 0 Å². The molecule has 0 atom stereocenters. The van der Waals surface area contributed by atoms with Gasteiger partial charge in [-0.25, -0.2) is 4.98 Å². The van der Waals surface area contributed by atoms with Crippen molar-refractivity contribution in [2.75, 3.05) is 0 Å². The first-order chi connectivity index (χ1) is 5.83. The van der Waals surface area contributed by atoms with Gasteiger partial charge in [-0.1, -0.05) is 0 Å². The van der Waals surface area contributed by atoms with Crippen molar-refractivity contribution < 1.29 is 0 Å². The monoisotopic (exact) mass is 180 g/mol. The van der Waals surface area contributed by atoms with Crippen LogP contribution in [0.1, 0.15) is 6.92 Å². The largest absolute Gasteiger partial charge is 0.270 e. The van der Waals surface area contributed by atoms with Crippen LogP contribution in [0.2, 0.25) is 0 Å². The maximum atomic E-state index is 11.5. The quantitative estimate of drug-likeness (QED) is 0.666. The van der Waals surface area contributed by atoms with E-state index in [4.69, 9.17) is 0 Å². The Balaban J connectivity index is 2.88. The van der Waals surface area contributed by atoms with E-state index in [0.717, 1.165) is 16.8 Å². The van der Waals surface area contributed by atoms with Crippen LogP contribution in [0.15, 0.2) is 23.1 Å². The van der Waals surface area contributed by atoms with Crippen LogP contribution in [0.3, 0.4) is 0 Å².